The van der Waals surface area contributed by atoms with Gasteiger partial charge in [0.1, 0.15) is 5.82 Å². The van der Waals surface area contributed by atoms with Crippen LogP contribution in [0.1, 0.15) is 50.3 Å². The van der Waals surface area contributed by atoms with Crippen molar-refractivity contribution in [2.45, 2.75) is 70.2 Å². The molecule has 1 aliphatic carbocycles. The van der Waals surface area contributed by atoms with Crippen molar-refractivity contribution in [3.63, 3.8) is 0 Å². The number of nitrogens with one attached hydrogen (secondary N) is 6. The molecule has 0 bridgehead atoms. The van der Waals surface area contributed by atoms with Crippen molar-refractivity contribution in [1.82, 2.24) is 10.3 Å². The van der Waals surface area contributed by atoms with Crippen molar-refractivity contribution in [1.29, 1.82) is 5.41 Å². The van der Waals surface area contributed by atoms with Crippen LogP contribution in [0.3, 0.4) is 0 Å². The van der Waals surface area contributed by atoms with Crippen LogP contribution in [-0.4, -0.2) is 48.6 Å². The smallest absolute Gasteiger partial charge is 0.133 e. The number of anilines is 4. The predicted molar refractivity (Wildman–Crippen MR) is 148 cm³/mol. The second-order valence-corrected chi connectivity index (χ2v) is 9.33. The Morgan fingerprint density at radius 2 is 1.89 bits per heavy atom. The molecule has 3 heterocycles. The van der Waals surface area contributed by atoms with Gasteiger partial charge in [0.05, 0.1) is 28.9 Å². The van der Waals surface area contributed by atoms with Gasteiger partial charge in [-0.15, -0.1) is 0 Å². The maximum absolute atomic E-state index is 9.51. The highest BCUT2D eigenvalue weighted by atomic mass is 16.3. The van der Waals surface area contributed by atoms with Gasteiger partial charge < -0.3 is 37.1 Å². The van der Waals surface area contributed by atoms with Gasteiger partial charge in [0.25, 0.3) is 0 Å². The van der Waals surface area contributed by atoms with Crippen molar-refractivity contribution in [3.05, 3.63) is 53.9 Å². The van der Waals surface area contributed by atoms with Gasteiger partial charge in [0.15, 0.2) is 0 Å². The van der Waals surface area contributed by atoms with E-state index in [2.05, 4.69) is 82.1 Å². The van der Waals surface area contributed by atoms with E-state index in [1.54, 1.807) is 0 Å². The Hall–Kier alpha value is -3.10. The summed E-state index contributed by atoms with van der Waals surface area (Å²) in [4.78, 5) is 4.68. The molecule has 7 N–H and O–H groups in total. The Morgan fingerprint density at radius 3 is 2.63 bits per heavy atom. The van der Waals surface area contributed by atoms with Crippen molar-refractivity contribution in [2.75, 3.05) is 34.9 Å². The molecule has 5 rings (SSSR count). The Balaban J connectivity index is 0.000000197. The molecule has 8 heteroatoms. The third-order valence-electron chi connectivity index (χ3n) is 6.62. The molecule has 0 saturated heterocycles. The van der Waals surface area contributed by atoms with E-state index in [1.807, 2.05) is 7.05 Å². The highest BCUT2D eigenvalue weighted by molar-refractivity contribution is 5.84. The van der Waals surface area contributed by atoms with E-state index in [9.17, 15) is 5.11 Å². The van der Waals surface area contributed by atoms with E-state index in [1.165, 1.54) is 16.9 Å². The van der Waals surface area contributed by atoms with Crippen LogP contribution in [0.25, 0.3) is 0 Å². The topological polar surface area (TPSA) is 117 Å². The van der Waals surface area contributed by atoms with Crippen LogP contribution < -0.4 is 26.6 Å². The average molecular weight is 480 g/mol. The Labute approximate surface area is 209 Å². The molecule has 190 valence electrons. The summed E-state index contributed by atoms with van der Waals surface area (Å²) in [7, 11) is 1.94. The molecule has 8 nitrogen and oxygen atoms in total. The van der Waals surface area contributed by atoms with E-state index < -0.39 is 0 Å². The molecule has 2 aromatic rings. The lowest BCUT2D eigenvalue weighted by Gasteiger charge is -2.27. The van der Waals surface area contributed by atoms with E-state index in [0.717, 1.165) is 74.5 Å². The number of aliphatic hydroxyl groups excluding tert-OH is 1. The molecule has 0 radical (unpaired) electrons. The molecule has 1 aromatic carbocycles. The van der Waals surface area contributed by atoms with Gasteiger partial charge in [-0.1, -0.05) is 18.7 Å². The zero-order valence-electron chi connectivity index (χ0n) is 21.1. The zero-order valence-corrected chi connectivity index (χ0v) is 21.1. The number of allylic oxidation sites excluding steroid dienone is 1. The normalized spacial score (nSPS) is 22.3. The lowest BCUT2D eigenvalue weighted by Crippen LogP contribution is -2.34. The summed E-state index contributed by atoms with van der Waals surface area (Å²) in [5, 5.41) is 31.9. The molecule has 2 aliphatic heterocycles. The van der Waals surface area contributed by atoms with Crippen LogP contribution >= 0.6 is 0 Å². The number of para-hydroxylation sites is 1. The standard InChI is InChI=1S/C16H23N3O.C10H15N3.CH3N/c1-11-2-3-12-4-5-14(19-16(12)18-11)10-17-13-6-8-15(20)9-7-13;1-7-6-12-9-5-3-4-8(11-2)10(9)13-7;1-2/h4-5,13,15,17,20H,1-3,6-10H2,(H,18,19);3-5,7,11-13H,6H2,1-2H3;2H,1H2. The first-order chi connectivity index (χ1) is 17.0. The van der Waals surface area contributed by atoms with Crippen molar-refractivity contribution in [2.24, 2.45) is 0 Å². The molecule has 1 fully saturated rings. The minimum Gasteiger partial charge on any atom is -0.393 e. The third-order valence-corrected chi connectivity index (χ3v) is 6.62. The van der Waals surface area contributed by atoms with Crippen molar-refractivity contribution in [3.8, 4) is 0 Å². The molecule has 35 heavy (non-hydrogen) atoms. The van der Waals surface area contributed by atoms with Gasteiger partial charge in [-0.05, 0) is 75.9 Å². The highest BCUT2D eigenvalue weighted by Crippen LogP contribution is 2.33. The number of hydrogen-bond donors (Lipinski definition) is 7. The van der Waals surface area contributed by atoms with Gasteiger partial charge in [-0.25, -0.2) is 4.98 Å². The first-order valence-electron chi connectivity index (χ1n) is 12.5. The van der Waals surface area contributed by atoms with Gasteiger partial charge in [0, 0.05) is 37.9 Å². The molecule has 1 unspecified atom stereocenters. The summed E-state index contributed by atoms with van der Waals surface area (Å²) in [5.41, 5.74) is 6.92. The van der Waals surface area contributed by atoms with Crippen LogP contribution in [0.2, 0.25) is 0 Å². The predicted octanol–water partition coefficient (Wildman–Crippen LogP) is 4.57. The Morgan fingerprint density at radius 1 is 1.11 bits per heavy atom. The van der Waals surface area contributed by atoms with E-state index in [4.69, 9.17) is 5.41 Å². The molecule has 1 saturated carbocycles. The molecule has 1 aromatic heterocycles. The van der Waals surface area contributed by atoms with Gasteiger partial charge in [0.2, 0.25) is 0 Å². The first-order valence-corrected chi connectivity index (χ1v) is 12.5. The molecule has 0 amide bonds. The van der Waals surface area contributed by atoms with Crippen LogP contribution in [0.15, 0.2) is 42.6 Å². The fourth-order valence-corrected chi connectivity index (χ4v) is 4.61. The molecule has 1 atom stereocenters. The molecule has 0 spiro atoms. The second kappa shape index (κ2) is 13.1. The summed E-state index contributed by atoms with van der Waals surface area (Å²) in [6.45, 7) is 10.4. The monoisotopic (exact) mass is 479 g/mol. The molecular weight excluding hydrogens is 438 g/mol. The van der Waals surface area contributed by atoms with E-state index >= 15 is 0 Å². The number of nitrogens with zero attached hydrogens (tertiary/aromatic N) is 1. The molecular formula is C27H41N7O. The number of rotatable bonds is 4. The van der Waals surface area contributed by atoms with Crippen LogP contribution in [-0.2, 0) is 13.0 Å². The largest absolute Gasteiger partial charge is 0.393 e. The number of aryl methyl sites for hydroxylation is 1. The molecule has 3 aliphatic rings. The lowest BCUT2D eigenvalue weighted by molar-refractivity contribution is 0.116. The number of aliphatic hydroxyl groups is 1. The maximum Gasteiger partial charge on any atom is 0.133 e. The fourth-order valence-electron chi connectivity index (χ4n) is 4.61. The van der Waals surface area contributed by atoms with Crippen molar-refractivity contribution < 1.29 is 5.11 Å². The second-order valence-electron chi connectivity index (χ2n) is 9.33. The number of benzene rings is 1. The first kappa shape index (κ1) is 26.5. The number of fused-ring (bicyclic) bond motifs is 2. The van der Waals surface area contributed by atoms with E-state index in [-0.39, 0.29) is 6.10 Å². The van der Waals surface area contributed by atoms with Gasteiger partial charge >= 0.3 is 0 Å². The highest BCUT2D eigenvalue weighted by Gasteiger charge is 2.19. The number of pyridine rings is 1. The number of aromatic nitrogens is 1. The Bertz CT molecular complexity index is 958. The summed E-state index contributed by atoms with van der Waals surface area (Å²) >= 11 is 0. The maximum atomic E-state index is 9.51. The Kier molecular flexibility index (Phi) is 9.93. The van der Waals surface area contributed by atoms with Crippen molar-refractivity contribution >= 4 is 29.6 Å². The summed E-state index contributed by atoms with van der Waals surface area (Å²) in [6.07, 6.45) is 5.87. The minimum absolute atomic E-state index is 0.0925. The van der Waals surface area contributed by atoms with E-state index in [0.29, 0.717) is 12.1 Å². The summed E-state index contributed by atoms with van der Waals surface area (Å²) < 4.78 is 0. The average Bonchev–Trinajstić information content (AvgIpc) is 2.89. The van der Waals surface area contributed by atoms with Gasteiger partial charge in [-0.3, -0.25) is 0 Å². The van der Waals surface area contributed by atoms with Gasteiger partial charge in [-0.2, -0.15) is 0 Å². The van der Waals surface area contributed by atoms with Crippen LogP contribution in [0.5, 0.6) is 0 Å². The zero-order chi connectivity index (χ0) is 25.2. The SMILES string of the molecule is C=C1CCc2ccc(CNC3CCC(O)CC3)nc2N1.C=N.CNc1cccc2c1NC(C)CN2. The summed E-state index contributed by atoms with van der Waals surface area (Å²) in [6, 6.07) is 11.5. The van der Waals surface area contributed by atoms with Crippen LogP contribution in [0, 0.1) is 5.41 Å². The van der Waals surface area contributed by atoms with Crippen LogP contribution in [0.4, 0.5) is 22.9 Å². The quantitative estimate of drug-likeness (QED) is 0.321. The fraction of sp³-hybridized carbons (Fsp3) is 0.481. The lowest BCUT2D eigenvalue weighted by atomic mass is 9.93. The third kappa shape index (κ3) is 7.44. The minimum atomic E-state index is -0.0925. The number of hydrogen-bond acceptors (Lipinski definition) is 8. The summed E-state index contributed by atoms with van der Waals surface area (Å²) in [5.74, 6) is 0.972.